The van der Waals surface area contributed by atoms with Crippen LogP contribution in [-0.2, 0) is 30.0 Å². The fraction of sp³-hybridized carbons (Fsp3) is 0.714. The molecular formula is C28H42BNO7. The van der Waals surface area contributed by atoms with E-state index >= 15 is 0 Å². The number of methoxy groups -OCH3 is 2. The first-order valence-electron chi connectivity index (χ1n) is 13.3. The average Bonchev–Trinajstić information content (AvgIpc) is 3.18. The number of carbonyl (C=O) groups is 2. The highest BCUT2D eigenvalue weighted by molar-refractivity contribution is 6.48. The third-order valence-corrected chi connectivity index (χ3v) is 8.54. The van der Waals surface area contributed by atoms with E-state index in [4.69, 9.17) is 23.5 Å². The Bertz CT molecular complexity index is 1020. The Labute approximate surface area is 221 Å². The summed E-state index contributed by atoms with van der Waals surface area (Å²) in [4.78, 5) is 25.7. The normalized spacial score (nSPS) is 28.6. The molecule has 3 aliphatic carbocycles. The van der Waals surface area contributed by atoms with Crippen molar-refractivity contribution in [2.45, 2.75) is 90.5 Å². The predicted octanol–water partition coefficient (Wildman–Crippen LogP) is 3.98. The Hall–Kier alpha value is -2.10. The van der Waals surface area contributed by atoms with Crippen LogP contribution >= 0.6 is 0 Å². The molecule has 5 unspecified atom stereocenters. The van der Waals surface area contributed by atoms with Gasteiger partial charge in [-0.2, -0.15) is 0 Å². The summed E-state index contributed by atoms with van der Waals surface area (Å²) in [6.45, 7) is 12.6. The summed E-state index contributed by atoms with van der Waals surface area (Å²) in [5.41, 5.74) is 0.282. The number of rotatable bonds is 9. The van der Waals surface area contributed by atoms with Crippen LogP contribution in [0.4, 0.5) is 0 Å². The van der Waals surface area contributed by atoms with Gasteiger partial charge in [0, 0.05) is 13.5 Å². The second kappa shape index (κ2) is 10.2. The first-order valence-corrected chi connectivity index (χ1v) is 13.3. The van der Waals surface area contributed by atoms with E-state index in [0.717, 1.165) is 18.4 Å². The van der Waals surface area contributed by atoms with Crippen LogP contribution < -0.4 is 10.1 Å². The van der Waals surface area contributed by atoms with Gasteiger partial charge in [0.25, 0.3) is 0 Å². The zero-order valence-electron chi connectivity index (χ0n) is 23.5. The molecule has 5 atom stereocenters. The lowest BCUT2D eigenvalue weighted by Crippen LogP contribution is -2.65. The van der Waals surface area contributed by atoms with E-state index in [9.17, 15) is 9.59 Å². The predicted molar refractivity (Wildman–Crippen MR) is 140 cm³/mol. The van der Waals surface area contributed by atoms with Crippen LogP contribution in [-0.4, -0.2) is 63.1 Å². The van der Waals surface area contributed by atoms with E-state index < -0.39 is 30.2 Å². The zero-order chi connectivity index (χ0) is 27.2. The quantitative estimate of drug-likeness (QED) is 0.393. The van der Waals surface area contributed by atoms with Crippen LogP contribution in [0, 0.1) is 17.3 Å². The van der Waals surface area contributed by atoms with Gasteiger partial charge in [-0.1, -0.05) is 26.0 Å². The number of carbonyl (C=O) groups excluding carboxylic acids is 2. The molecule has 1 heterocycles. The fourth-order valence-electron chi connectivity index (χ4n) is 6.48. The molecule has 37 heavy (non-hydrogen) atoms. The van der Waals surface area contributed by atoms with Gasteiger partial charge >= 0.3 is 13.1 Å². The van der Waals surface area contributed by atoms with E-state index in [1.807, 2.05) is 26.8 Å². The molecule has 1 aliphatic heterocycles. The molecule has 1 saturated heterocycles. The number of ether oxygens (including phenoxy) is 3. The molecule has 204 valence electrons. The lowest BCUT2D eigenvalue weighted by atomic mass is 9.43. The van der Waals surface area contributed by atoms with Gasteiger partial charge < -0.3 is 28.8 Å². The smallest absolute Gasteiger partial charge is 0.482 e. The van der Waals surface area contributed by atoms with Gasteiger partial charge in [-0.05, 0) is 75.8 Å². The molecule has 1 N–H and O–H groups in total. The van der Waals surface area contributed by atoms with Crippen molar-refractivity contribution in [1.29, 1.82) is 0 Å². The van der Waals surface area contributed by atoms with Gasteiger partial charge in [-0.15, -0.1) is 0 Å². The van der Waals surface area contributed by atoms with Crippen LogP contribution in [0.15, 0.2) is 18.2 Å². The molecule has 1 amide bonds. The number of nitrogens with one attached hydrogen (secondary N) is 1. The van der Waals surface area contributed by atoms with E-state index in [-0.39, 0.29) is 23.8 Å². The minimum atomic E-state index is -0.637. The molecule has 1 aromatic carbocycles. The number of esters is 1. The number of amides is 1. The van der Waals surface area contributed by atoms with Gasteiger partial charge in [-0.3, -0.25) is 4.79 Å². The van der Waals surface area contributed by atoms with Gasteiger partial charge in [0.05, 0.1) is 31.4 Å². The molecule has 9 heteroatoms. The molecule has 1 aromatic rings. The Morgan fingerprint density at radius 1 is 1.19 bits per heavy atom. The standard InChI is InChI=1S/C28H42BNO7/c1-26(2,3)35-25(32)19-11-9-10-17(24(19)34-8)14-22(30-23(31)12-13-33-7)29-36-21-16-18-15-20(27(18,4)5)28(21,6)37-29/h9-11,18,20-22H,12-16H2,1-8H3,(H,30,31). The molecule has 0 radical (unpaired) electrons. The summed E-state index contributed by atoms with van der Waals surface area (Å²) in [7, 11) is 2.48. The molecule has 4 aliphatic rings. The third kappa shape index (κ3) is 5.41. The highest BCUT2D eigenvalue weighted by Gasteiger charge is 2.68. The maximum absolute atomic E-state index is 12.9. The van der Waals surface area contributed by atoms with Crippen LogP contribution in [0.5, 0.6) is 5.75 Å². The summed E-state index contributed by atoms with van der Waals surface area (Å²) < 4.78 is 29.6. The molecule has 4 fully saturated rings. The van der Waals surface area contributed by atoms with Crippen LogP contribution in [0.2, 0.25) is 0 Å². The van der Waals surface area contributed by atoms with Crippen LogP contribution in [0.3, 0.4) is 0 Å². The van der Waals surface area contributed by atoms with Crippen molar-refractivity contribution in [3.8, 4) is 5.75 Å². The maximum atomic E-state index is 12.9. The van der Waals surface area contributed by atoms with Crippen molar-refractivity contribution in [3.05, 3.63) is 29.3 Å². The second-order valence-corrected chi connectivity index (χ2v) is 12.5. The molecule has 2 bridgehead atoms. The fourth-order valence-corrected chi connectivity index (χ4v) is 6.48. The van der Waals surface area contributed by atoms with E-state index in [0.29, 0.717) is 36.2 Å². The molecule has 0 aromatic heterocycles. The summed E-state index contributed by atoms with van der Waals surface area (Å²) in [6, 6.07) is 5.39. The molecule has 8 nitrogen and oxygen atoms in total. The Balaban J connectivity index is 1.60. The average molecular weight is 515 g/mol. The molecule has 5 rings (SSSR count). The van der Waals surface area contributed by atoms with E-state index in [1.54, 1.807) is 19.2 Å². The SMILES string of the molecule is COCCC(=O)NC(Cc1cccc(C(=O)OC(C)(C)C)c1OC)B1OC2CC3CC(C3(C)C)C2(C)O1. The third-order valence-electron chi connectivity index (χ3n) is 8.54. The van der Waals surface area contributed by atoms with Gasteiger partial charge in [0.1, 0.15) is 16.9 Å². The van der Waals surface area contributed by atoms with Gasteiger partial charge in [-0.25, -0.2) is 4.79 Å². The Morgan fingerprint density at radius 3 is 2.54 bits per heavy atom. The van der Waals surface area contributed by atoms with Crippen molar-refractivity contribution < 1.29 is 33.1 Å². The molecule has 0 spiro atoms. The summed E-state index contributed by atoms with van der Waals surface area (Å²) in [6.07, 6.45) is 2.68. The van der Waals surface area contributed by atoms with Crippen molar-refractivity contribution in [2.75, 3.05) is 20.8 Å². The van der Waals surface area contributed by atoms with Gasteiger partial charge in [0.2, 0.25) is 5.91 Å². The summed E-state index contributed by atoms with van der Waals surface area (Å²) >= 11 is 0. The Kier molecular flexibility index (Phi) is 7.72. The van der Waals surface area contributed by atoms with Crippen molar-refractivity contribution in [1.82, 2.24) is 5.32 Å². The lowest BCUT2D eigenvalue weighted by Gasteiger charge is -2.64. The lowest BCUT2D eigenvalue weighted by molar-refractivity contribution is -0.199. The largest absolute Gasteiger partial charge is 0.496 e. The van der Waals surface area contributed by atoms with E-state index in [2.05, 4.69) is 26.1 Å². The van der Waals surface area contributed by atoms with Crippen molar-refractivity contribution in [3.63, 3.8) is 0 Å². The number of para-hydroxylation sites is 1. The zero-order valence-corrected chi connectivity index (χ0v) is 23.5. The van der Waals surface area contributed by atoms with Gasteiger partial charge in [0.15, 0.2) is 0 Å². The van der Waals surface area contributed by atoms with Crippen molar-refractivity contribution >= 4 is 19.0 Å². The first-order chi connectivity index (χ1) is 17.3. The summed E-state index contributed by atoms with van der Waals surface area (Å²) in [5, 5.41) is 3.12. The van der Waals surface area contributed by atoms with Crippen molar-refractivity contribution in [2.24, 2.45) is 17.3 Å². The van der Waals surface area contributed by atoms with E-state index in [1.165, 1.54) is 7.11 Å². The second-order valence-electron chi connectivity index (χ2n) is 12.5. The summed E-state index contributed by atoms with van der Waals surface area (Å²) in [5.74, 6) is 0.376. The highest BCUT2D eigenvalue weighted by atomic mass is 16.7. The topological polar surface area (TPSA) is 92.3 Å². The molecular weight excluding hydrogens is 473 g/mol. The maximum Gasteiger partial charge on any atom is 0.482 e. The van der Waals surface area contributed by atoms with Crippen LogP contribution in [0.25, 0.3) is 0 Å². The minimum Gasteiger partial charge on any atom is -0.496 e. The minimum absolute atomic E-state index is 0.0114. The highest BCUT2D eigenvalue weighted by Crippen LogP contribution is 2.65. The molecule has 3 saturated carbocycles. The monoisotopic (exact) mass is 515 g/mol. The number of benzene rings is 1. The number of hydrogen-bond acceptors (Lipinski definition) is 7. The Morgan fingerprint density at radius 2 is 1.92 bits per heavy atom. The van der Waals surface area contributed by atoms with Crippen LogP contribution in [0.1, 0.15) is 76.7 Å². The first kappa shape index (κ1) is 27.9. The number of hydrogen-bond donors (Lipinski definition) is 1.